The maximum Gasteiger partial charge on any atom is 0.134 e. The number of halogens is 1. The number of benzene rings is 1. The Labute approximate surface area is 117 Å². The molecule has 0 amide bonds. The molecule has 3 unspecified atom stereocenters. The molecular formula is C14H20BrNO2. The van der Waals surface area contributed by atoms with Crippen molar-refractivity contribution in [1.82, 2.24) is 0 Å². The summed E-state index contributed by atoms with van der Waals surface area (Å²) < 4.78 is 12.7. The van der Waals surface area contributed by atoms with E-state index in [-0.39, 0.29) is 18.2 Å². The van der Waals surface area contributed by atoms with E-state index in [2.05, 4.69) is 35.8 Å². The van der Waals surface area contributed by atoms with Gasteiger partial charge in [-0.25, -0.2) is 0 Å². The smallest absolute Gasteiger partial charge is 0.134 e. The summed E-state index contributed by atoms with van der Waals surface area (Å²) in [5.74, 6) is 0.864. The van der Waals surface area contributed by atoms with E-state index in [0.29, 0.717) is 0 Å². The third-order valence-electron chi connectivity index (χ3n) is 3.17. The lowest BCUT2D eigenvalue weighted by atomic mass is 9.86. The van der Waals surface area contributed by atoms with Crippen LogP contribution in [-0.4, -0.2) is 24.9 Å². The highest BCUT2D eigenvalue weighted by molar-refractivity contribution is 9.10. The van der Waals surface area contributed by atoms with E-state index < -0.39 is 0 Å². The van der Waals surface area contributed by atoms with Crippen LogP contribution in [0, 0.1) is 6.92 Å². The molecule has 0 radical (unpaired) electrons. The second kappa shape index (κ2) is 6.04. The van der Waals surface area contributed by atoms with E-state index in [1.807, 2.05) is 12.1 Å². The highest BCUT2D eigenvalue weighted by Crippen LogP contribution is 2.32. The standard InChI is InChI=1S/C14H20BrNO2/c1-3-6-17-14-11(16)8-13(14)18-12-5-4-9(2)7-10(12)15/h4-5,7,11,13-14H,3,6,8,16H2,1-2H3. The molecule has 3 nitrogen and oxygen atoms in total. The van der Waals surface area contributed by atoms with Crippen LogP contribution in [0.2, 0.25) is 0 Å². The molecule has 2 rings (SSSR count). The van der Waals surface area contributed by atoms with E-state index >= 15 is 0 Å². The molecule has 0 aliphatic heterocycles. The van der Waals surface area contributed by atoms with Gasteiger partial charge in [-0.3, -0.25) is 0 Å². The molecule has 0 aromatic heterocycles. The third-order valence-corrected chi connectivity index (χ3v) is 3.79. The number of ether oxygens (including phenoxy) is 2. The first-order valence-electron chi connectivity index (χ1n) is 6.41. The van der Waals surface area contributed by atoms with Gasteiger partial charge in [0.05, 0.1) is 4.47 Å². The van der Waals surface area contributed by atoms with Crippen molar-refractivity contribution in [3.63, 3.8) is 0 Å². The second-order valence-electron chi connectivity index (χ2n) is 4.83. The molecule has 1 fully saturated rings. The zero-order valence-corrected chi connectivity index (χ0v) is 12.4. The van der Waals surface area contributed by atoms with Crippen molar-refractivity contribution in [1.29, 1.82) is 0 Å². The monoisotopic (exact) mass is 313 g/mol. The normalized spacial score (nSPS) is 26.8. The lowest BCUT2D eigenvalue weighted by Gasteiger charge is -2.41. The first kappa shape index (κ1) is 13.8. The summed E-state index contributed by atoms with van der Waals surface area (Å²) in [7, 11) is 0. The Bertz CT molecular complexity index is 411. The Morgan fingerprint density at radius 2 is 2.22 bits per heavy atom. The summed E-state index contributed by atoms with van der Waals surface area (Å²) in [5.41, 5.74) is 7.16. The van der Waals surface area contributed by atoms with Crippen molar-refractivity contribution in [2.24, 2.45) is 5.73 Å². The van der Waals surface area contributed by atoms with Gasteiger partial charge in [0, 0.05) is 19.1 Å². The first-order chi connectivity index (χ1) is 8.61. The van der Waals surface area contributed by atoms with Crippen LogP contribution < -0.4 is 10.5 Å². The van der Waals surface area contributed by atoms with Crippen molar-refractivity contribution >= 4 is 15.9 Å². The average Bonchev–Trinajstić information content (AvgIpc) is 2.32. The molecule has 2 N–H and O–H groups in total. The zero-order valence-electron chi connectivity index (χ0n) is 10.9. The van der Waals surface area contributed by atoms with Crippen LogP contribution in [0.4, 0.5) is 0 Å². The van der Waals surface area contributed by atoms with Crippen LogP contribution in [0.25, 0.3) is 0 Å². The zero-order chi connectivity index (χ0) is 13.1. The highest BCUT2D eigenvalue weighted by atomic mass is 79.9. The van der Waals surface area contributed by atoms with Crippen LogP contribution in [-0.2, 0) is 4.74 Å². The fraction of sp³-hybridized carbons (Fsp3) is 0.571. The van der Waals surface area contributed by atoms with Gasteiger partial charge >= 0.3 is 0 Å². The van der Waals surface area contributed by atoms with E-state index in [0.717, 1.165) is 29.7 Å². The van der Waals surface area contributed by atoms with Crippen molar-refractivity contribution in [3.8, 4) is 5.75 Å². The molecule has 18 heavy (non-hydrogen) atoms. The molecule has 0 bridgehead atoms. The molecule has 4 heteroatoms. The molecule has 1 aliphatic rings. The van der Waals surface area contributed by atoms with Crippen molar-refractivity contribution < 1.29 is 9.47 Å². The molecule has 1 saturated carbocycles. The van der Waals surface area contributed by atoms with Crippen LogP contribution in [0.5, 0.6) is 5.75 Å². The number of nitrogens with two attached hydrogens (primary N) is 1. The van der Waals surface area contributed by atoms with Crippen LogP contribution in [0.1, 0.15) is 25.3 Å². The number of hydrogen-bond donors (Lipinski definition) is 1. The Kier molecular flexibility index (Phi) is 4.65. The maximum atomic E-state index is 5.96. The van der Waals surface area contributed by atoms with Crippen LogP contribution in [0.3, 0.4) is 0 Å². The van der Waals surface area contributed by atoms with E-state index in [9.17, 15) is 0 Å². The fourth-order valence-electron chi connectivity index (χ4n) is 2.08. The van der Waals surface area contributed by atoms with Gasteiger partial charge in [-0.15, -0.1) is 0 Å². The predicted molar refractivity (Wildman–Crippen MR) is 75.9 cm³/mol. The summed E-state index contributed by atoms with van der Waals surface area (Å²) in [6.07, 6.45) is 1.96. The summed E-state index contributed by atoms with van der Waals surface area (Å²) in [5, 5.41) is 0. The molecule has 3 atom stereocenters. The average molecular weight is 314 g/mol. The minimum atomic E-state index is 0.0261. The van der Waals surface area contributed by atoms with Gasteiger partial charge in [-0.05, 0) is 47.0 Å². The number of hydrogen-bond acceptors (Lipinski definition) is 3. The van der Waals surface area contributed by atoms with Gasteiger partial charge < -0.3 is 15.2 Å². The molecule has 1 aromatic rings. The Hall–Kier alpha value is -0.580. The maximum absolute atomic E-state index is 5.96. The molecule has 0 saturated heterocycles. The highest BCUT2D eigenvalue weighted by Gasteiger charge is 2.41. The Morgan fingerprint density at radius 1 is 1.44 bits per heavy atom. The van der Waals surface area contributed by atoms with Gasteiger partial charge in [-0.2, -0.15) is 0 Å². The molecule has 1 aromatic carbocycles. The van der Waals surface area contributed by atoms with E-state index in [1.54, 1.807) is 0 Å². The molecule has 1 aliphatic carbocycles. The van der Waals surface area contributed by atoms with E-state index in [4.69, 9.17) is 15.2 Å². The quantitative estimate of drug-likeness (QED) is 0.908. The van der Waals surface area contributed by atoms with Crippen LogP contribution >= 0.6 is 15.9 Å². The molecule has 100 valence electrons. The van der Waals surface area contributed by atoms with Crippen molar-refractivity contribution in [3.05, 3.63) is 28.2 Å². The lowest BCUT2D eigenvalue weighted by Crippen LogP contribution is -2.59. The fourth-order valence-corrected chi connectivity index (χ4v) is 2.67. The summed E-state index contributed by atoms with van der Waals surface area (Å²) in [6.45, 7) is 4.89. The molecular weight excluding hydrogens is 294 g/mol. The minimum Gasteiger partial charge on any atom is -0.486 e. The summed E-state index contributed by atoms with van der Waals surface area (Å²) in [4.78, 5) is 0. The van der Waals surface area contributed by atoms with Crippen molar-refractivity contribution in [2.75, 3.05) is 6.61 Å². The minimum absolute atomic E-state index is 0.0261. The Morgan fingerprint density at radius 3 is 2.83 bits per heavy atom. The largest absolute Gasteiger partial charge is 0.486 e. The lowest BCUT2D eigenvalue weighted by molar-refractivity contribution is -0.0982. The topological polar surface area (TPSA) is 44.5 Å². The van der Waals surface area contributed by atoms with Crippen molar-refractivity contribution in [2.45, 2.75) is 44.9 Å². The van der Waals surface area contributed by atoms with Gasteiger partial charge in [0.15, 0.2) is 0 Å². The summed E-state index contributed by atoms with van der Waals surface area (Å²) >= 11 is 3.52. The SMILES string of the molecule is CCCOC1C(N)CC1Oc1ccc(C)cc1Br. The first-order valence-corrected chi connectivity index (χ1v) is 7.21. The van der Waals surface area contributed by atoms with Gasteiger partial charge in [0.25, 0.3) is 0 Å². The Balaban J connectivity index is 1.96. The molecule has 0 heterocycles. The van der Waals surface area contributed by atoms with E-state index in [1.165, 1.54) is 5.56 Å². The van der Waals surface area contributed by atoms with Crippen LogP contribution in [0.15, 0.2) is 22.7 Å². The molecule has 0 spiro atoms. The third kappa shape index (κ3) is 3.05. The summed E-state index contributed by atoms with van der Waals surface area (Å²) in [6, 6.07) is 6.18. The van der Waals surface area contributed by atoms with Gasteiger partial charge in [0.1, 0.15) is 18.0 Å². The van der Waals surface area contributed by atoms with Gasteiger partial charge in [-0.1, -0.05) is 13.0 Å². The van der Waals surface area contributed by atoms with Gasteiger partial charge in [0.2, 0.25) is 0 Å². The predicted octanol–water partition coefficient (Wildman–Crippen LogP) is 3.03. The number of aryl methyl sites for hydroxylation is 1. The number of rotatable bonds is 5. The second-order valence-corrected chi connectivity index (χ2v) is 5.68.